The highest BCUT2D eigenvalue weighted by atomic mass is 79.9. The van der Waals surface area contributed by atoms with Gasteiger partial charge in [-0.2, -0.15) is 4.98 Å². The van der Waals surface area contributed by atoms with Gasteiger partial charge in [0, 0.05) is 15.7 Å². The predicted molar refractivity (Wildman–Crippen MR) is 108 cm³/mol. The van der Waals surface area contributed by atoms with Gasteiger partial charge in [0.05, 0.1) is 10.0 Å². The topological polar surface area (TPSA) is 80.2 Å². The van der Waals surface area contributed by atoms with E-state index < -0.39 is 6.23 Å². The molecule has 2 N–H and O–H groups in total. The number of ether oxygens (including phenoxy) is 1. The van der Waals surface area contributed by atoms with E-state index in [0.29, 0.717) is 26.8 Å². The molecule has 2 aromatic carbocycles. The van der Waals surface area contributed by atoms with Crippen LogP contribution in [-0.2, 0) is 0 Å². The lowest BCUT2D eigenvalue weighted by molar-refractivity contribution is 0.220. The van der Waals surface area contributed by atoms with Crippen molar-refractivity contribution in [3.63, 3.8) is 0 Å². The average molecular weight is 496 g/mol. The molecule has 0 saturated heterocycles. The largest absolute Gasteiger partial charge is 0.506 e. The number of para-hydroxylation sites is 1. The van der Waals surface area contributed by atoms with Crippen LogP contribution in [0.5, 0.6) is 11.6 Å². The number of anilines is 1. The summed E-state index contributed by atoms with van der Waals surface area (Å²) in [6.45, 7) is 0. The fourth-order valence-corrected chi connectivity index (χ4v) is 4.22. The highest BCUT2D eigenvalue weighted by Crippen LogP contribution is 2.43. The van der Waals surface area contributed by atoms with Gasteiger partial charge in [-0.3, -0.25) is 0 Å². The number of benzene rings is 2. The smallest absolute Gasteiger partial charge is 0.247 e. The SMILES string of the molecule is CSc1nnc2c(n1)O[C@@H](c1cc(Br)cc(Br)c1O)Nc1ccccc1-2. The molecule has 1 atom stereocenters. The molecule has 0 saturated carbocycles. The number of hydrogen-bond donors (Lipinski definition) is 2. The number of nitrogens with zero attached hydrogens (tertiary/aromatic N) is 3. The fraction of sp³-hybridized carbons (Fsp3) is 0.118. The standard InChI is InChI=1S/C17H12Br2N4O2S/c1-26-17-21-16-13(22-23-17)9-4-2-3-5-12(9)20-15(25-16)10-6-8(18)7-11(19)14(10)24/h2-7,15,20,24H,1H3/t15-/m0/s1. The average Bonchev–Trinajstić information content (AvgIpc) is 2.80. The number of hydrogen-bond acceptors (Lipinski definition) is 7. The maximum atomic E-state index is 10.5. The zero-order valence-corrected chi connectivity index (χ0v) is 17.4. The Morgan fingerprint density at radius 2 is 2.00 bits per heavy atom. The second-order valence-corrected chi connectivity index (χ2v) is 8.01. The number of aromatic nitrogens is 3. The Balaban J connectivity index is 1.90. The van der Waals surface area contributed by atoms with Gasteiger partial charge in [-0.15, -0.1) is 10.2 Å². The zero-order valence-electron chi connectivity index (χ0n) is 13.4. The van der Waals surface area contributed by atoms with Gasteiger partial charge in [0.1, 0.15) is 5.75 Å². The molecule has 3 aromatic rings. The number of aromatic hydroxyl groups is 1. The molecule has 0 amide bonds. The summed E-state index contributed by atoms with van der Waals surface area (Å²) in [5.41, 5.74) is 2.78. The molecule has 0 bridgehead atoms. The number of fused-ring (bicyclic) bond motifs is 3. The number of nitrogens with one attached hydrogen (secondary N) is 1. The quantitative estimate of drug-likeness (QED) is 0.484. The van der Waals surface area contributed by atoms with Crippen molar-refractivity contribution in [1.82, 2.24) is 15.2 Å². The van der Waals surface area contributed by atoms with Crippen molar-refractivity contribution in [2.75, 3.05) is 11.6 Å². The van der Waals surface area contributed by atoms with Crippen LogP contribution in [0.25, 0.3) is 11.3 Å². The molecule has 0 fully saturated rings. The third kappa shape index (κ3) is 3.15. The van der Waals surface area contributed by atoms with Crippen molar-refractivity contribution in [2.45, 2.75) is 11.4 Å². The van der Waals surface area contributed by atoms with Crippen LogP contribution in [-0.4, -0.2) is 26.5 Å². The van der Waals surface area contributed by atoms with Crippen LogP contribution in [0.4, 0.5) is 5.69 Å². The fourth-order valence-electron chi connectivity index (χ4n) is 2.66. The molecule has 6 nitrogen and oxygen atoms in total. The van der Waals surface area contributed by atoms with E-state index in [1.54, 1.807) is 12.1 Å². The molecule has 1 aliphatic rings. The van der Waals surface area contributed by atoms with Gasteiger partial charge in [-0.05, 0) is 40.4 Å². The van der Waals surface area contributed by atoms with Crippen LogP contribution in [0.2, 0.25) is 0 Å². The molecular formula is C17H12Br2N4O2S. The van der Waals surface area contributed by atoms with Gasteiger partial charge < -0.3 is 15.2 Å². The van der Waals surface area contributed by atoms with Gasteiger partial charge in [0.2, 0.25) is 17.3 Å². The number of phenols is 1. The van der Waals surface area contributed by atoms with E-state index in [-0.39, 0.29) is 5.75 Å². The van der Waals surface area contributed by atoms with Crippen LogP contribution >= 0.6 is 43.6 Å². The van der Waals surface area contributed by atoms with E-state index in [1.807, 2.05) is 30.5 Å². The third-order valence-electron chi connectivity index (χ3n) is 3.86. The Labute approximate surface area is 170 Å². The third-order valence-corrected chi connectivity index (χ3v) is 5.46. The highest BCUT2D eigenvalue weighted by Gasteiger charge is 2.28. The second-order valence-electron chi connectivity index (χ2n) is 5.47. The van der Waals surface area contributed by atoms with Crippen LogP contribution in [0.15, 0.2) is 50.5 Å². The van der Waals surface area contributed by atoms with Crippen LogP contribution in [0.1, 0.15) is 11.8 Å². The van der Waals surface area contributed by atoms with Crippen LogP contribution in [0, 0.1) is 0 Å². The molecule has 1 aliphatic heterocycles. The van der Waals surface area contributed by atoms with Gasteiger partial charge >= 0.3 is 0 Å². The van der Waals surface area contributed by atoms with E-state index in [4.69, 9.17) is 4.74 Å². The van der Waals surface area contributed by atoms with Crippen LogP contribution in [0.3, 0.4) is 0 Å². The first-order chi connectivity index (χ1) is 12.6. The summed E-state index contributed by atoms with van der Waals surface area (Å²) < 4.78 is 7.50. The second kappa shape index (κ2) is 7.05. The van der Waals surface area contributed by atoms with Crippen molar-refractivity contribution < 1.29 is 9.84 Å². The van der Waals surface area contributed by atoms with E-state index >= 15 is 0 Å². The summed E-state index contributed by atoms with van der Waals surface area (Å²) >= 11 is 8.20. The van der Waals surface area contributed by atoms with E-state index in [0.717, 1.165) is 15.7 Å². The number of halogens is 2. The summed E-state index contributed by atoms with van der Waals surface area (Å²) in [6, 6.07) is 11.3. The summed E-state index contributed by atoms with van der Waals surface area (Å²) in [5.74, 6) is 0.459. The molecule has 9 heteroatoms. The molecule has 0 spiro atoms. The molecule has 132 valence electrons. The van der Waals surface area contributed by atoms with Gasteiger partial charge in [0.15, 0.2) is 5.69 Å². The van der Waals surface area contributed by atoms with Crippen molar-refractivity contribution in [2.24, 2.45) is 0 Å². The van der Waals surface area contributed by atoms with E-state index in [2.05, 4.69) is 52.4 Å². The minimum Gasteiger partial charge on any atom is -0.506 e. The van der Waals surface area contributed by atoms with Crippen molar-refractivity contribution in [3.8, 4) is 22.9 Å². The molecule has 0 aliphatic carbocycles. The first kappa shape index (κ1) is 17.6. The molecule has 0 radical (unpaired) electrons. The lowest BCUT2D eigenvalue weighted by atomic mass is 10.1. The first-order valence-electron chi connectivity index (χ1n) is 7.56. The van der Waals surface area contributed by atoms with E-state index in [9.17, 15) is 5.11 Å². The summed E-state index contributed by atoms with van der Waals surface area (Å²) in [7, 11) is 0. The highest BCUT2D eigenvalue weighted by molar-refractivity contribution is 9.11. The van der Waals surface area contributed by atoms with Gasteiger partial charge in [0.25, 0.3) is 0 Å². The van der Waals surface area contributed by atoms with Crippen molar-refractivity contribution in [3.05, 3.63) is 50.9 Å². The summed E-state index contributed by atoms with van der Waals surface area (Å²) in [6.07, 6.45) is 1.22. The number of rotatable bonds is 2. The minimum absolute atomic E-state index is 0.0961. The van der Waals surface area contributed by atoms with Crippen LogP contribution < -0.4 is 10.1 Å². The maximum absolute atomic E-state index is 10.5. The Bertz CT molecular complexity index is 1000. The monoisotopic (exact) mass is 494 g/mol. The lowest BCUT2D eigenvalue weighted by Gasteiger charge is -2.21. The van der Waals surface area contributed by atoms with Gasteiger partial charge in [-0.25, -0.2) is 0 Å². The molecular weight excluding hydrogens is 484 g/mol. The normalized spacial score (nSPS) is 15.3. The maximum Gasteiger partial charge on any atom is 0.247 e. The van der Waals surface area contributed by atoms with E-state index in [1.165, 1.54) is 11.8 Å². The van der Waals surface area contributed by atoms with Gasteiger partial charge in [-0.1, -0.05) is 45.9 Å². The lowest BCUT2D eigenvalue weighted by Crippen LogP contribution is -2.17. The molecule has 2 heterocycles. The van der Waals surface area contributed by atoms with Crippen molar-refractivity contribution in [1.29, 1.82) is 0 Å². The molecule has 1 aromatic heterocycles. The zero-order chi connectivity index (χ0) is 18.3. The summed E-state index contributed by atoms with van der Waals surface area (Å²) in [5, 5.41) is 22.8. The Hall–Kier alpha value is -1.84. The molecule has 4 rings (SSSR count). The Morgan fingerprint density at radius 1 is 1.19 bits per heavy atom. The number of thioether (sulfide) groups is 1. The Kier molecular flexibility index (Phi) is 4.76. The predicted octanol–water partition coefficient (Wildman–Crippen LogP) is 4.99. The summed E-state index contributed by atoms with van der Waals surface area (Å²) in [4.78, 5) is 4.46. The first-order valence-corrected chi connectivity index (χ1v) is 10.4. The number of phenolic OH excluding ortho intramolecular Hbond substituents is 1. The molecule has 0 unspecified atom stereocenters. The molecule has 26 heavy (non-hydrogen) atoms. The minimum atomic E-state index is -0.655. The Morgan fingerprint density at radius 3 is 2.81 bits per heavy atom. The van der Waals surface area contributed by atoms with Crippen molar-refractivity contribution >= 4 is 49.3 Å².